The van der Waals surface area contributed by atoms with E-state index in [0.717, 1.165) is 17.1 Å². The number of nitrogens with one attached hydrogen (secondary N) is 1. The predicted molar refractivity (Wildman–Crippen MR) is 92.3 cm³/mol. The molecule has 108 valence electrons. The number of hydrogen-bond acceptors (Lipinski definition) is 3. The van der Waals surface area contributed by atoms with Crippen molar-refractivity contribution in [2.75, 3.05) is 12.4 Å². The third-order valence-electron chi connectivity index (χ3n) is 3.94. The molecule has 3 rings (SSSR count). The fourth-order valence-electron chi connectivity index (χ4n) is 2.53. The lowest BCUT2D eigenvalue weighted by atomic mass is 10.1. The van der Waals surface area contributed by atoms with Gasteiger partial charge in [-0.1, -0.05) is 12.1 Å². The van der Waals surface area contributed by atoms with Gasteiger partial charge < -0.3 is 10.1 Å². The first-order valence-electron chi connectivity index (χ1n) is 7.00. The summed E-state index contributed by atoms with van der Waals surface area (Å²) in [6.07, 6.45) is 0. The SMILES string of the molecule is COc1cccc(Nc2ccc3c(C)c(C)sc3c2C)c1. The summed E-state index contributed by atoms with van der Waals surface area (Å²) in [6, 6.07) is 12.4. The number of fused-ring (bicyclic) bond motifs is 1. The molecule has 3 heteroatoms. The van der Waals surface area contributed by atoms with E-state index in [4.69, 9.17) is 4.74 Å². The standard InChI is InChI=1S/C18H19NOS/c1-11-13(3)21-18-12(2)17(9-8-16(11)18)19-14-6-5-7-15(10-14)20-4/h5-10,19H,1-4H3. The number of methoxy groups -OCH3 is 1. The average Bonchev–Trinajstić information content (AvgIpc) is 2.79. The molecule has 1 N–H and O–H groups in total. The van der Waals surface area contributed by atoms with E-state index in [-0.39, 0.29) is 0 Å². The van der Waals surface area contributed by atoms with E-state index < -0.39 is 0 Å². The molecule has 2 nitrogen and oxygen atoms in total. The van der Waals surface area contributed by atoms with Gasteiger partial charge in [0.05, 0.1) is 7.11 Å². The Bertz CT molecular complexity index is 804. The number of hydrogen-bond donors (Lipinski definition) is 1. The molecule has 0 atom stereocenters. The van der Waals surface area contributed by atoms with Crippen molar-refractivity contribution >= 4 is 32.8 Å². The van der Waals surface area contributed by atoms with Crippen LogP contribution in [0.3, 0.4) is 0 Å². The Hall–Kier alpha value is -2.00. The van der Waals surface area contributed by atoms with Crippen molar-refractivity contribution in [3.63, 3.8) is 0 Å². The summed E-state index contributed by atoms with van der Waals surface area (Å²) >= 11 is 1.87. The maximum Gasteiger partial charge on any atom is 0.120 e. The highest BCUT2D eigenvalue weighted by Gasteiger charge is 2.10. The number of anilines is 2. The lowest BCUT2D eigenvalue weighted by Gasteiger charge is -2.11. The zero-order chi connectivity index (χ0) is 15.0. The van der Waals surface area contributed by atoms with Gasteiger partial charge in [-0.3, -0.25) is 0 Å². The summed E-state index contributed by atoms with van der Waals surface area (Å²) in [5, 5.41) is 4.86. The lowest BCUT2D eigenvalue weighted by molar-refractivity contribution is 0.415. The Morgan fingerprint density at radius 2 is 1.81 bits per heavy atom. The molecule has 0 aliphatic carbocycles. The smallest absolute Gasteiger partial charge is 0.120 e. The molecule has 0 aliphatic rings. The van der Waals surface area contributed by atoms with Crippen LogP contribution in [0.1, 0.15) is 16.0 Å². The van der Waals surface area contributed by atoms with Crippen molar-refractivity contribution in [1.29, 1.82) is 0 Å². The Kier molecular flexibility index (Phi) is 3.60. The molecular formula is C18H19NOS. The predicted octanol–water partition coefficient (Wildman–Crippen LogP) is 5.58. The number of aryl methyl sites for hydroxylation is 3. The topological polar surface area (TPSA) is 21.3 Å². The van der Waals surface area contributed by atoms with Crippen molar-refractivity contribution in [3.8, 4) is 5.75 Å². The number of rotatable bonds is 3. The van der Waals surface area contributed by atoms with Crippen LogP contribution in [0.25, 0.3) is 10.1 Å². The van der Waals surface area contributed by atoms with Crippen molar-refractivity contribution in [1.82, 2.24) is 0 Å². The maximum atomic E-state index is 5.27. The van der Waals surface area contributed by atoms with Gasteiger partial charge in [-0.05, 0) is 55.5 Å². The minimum absolute atomic E-state index is 0.863. The van der Waals surface area contributed by atoms with Crippen molar-refractivity contribution in [2.45, 2.75) is 20.8 Å². The Morgan fingerprint density at radius 1 is 1.00 bits per heavy atom. The zero-order valence-corrected chi connectivity index (χ0v) is 13.6. The maximum absolute atomic E-state index is 5.27. The van der Waals surface area contributed by atoms with Gasteiger partial charge in [0, 0.05) is 27.0 Å². The van der Waals surface area contributed by atoms with Crippen LogP contribution in [-0.2, 0) is 0 Å². The van der Waals surface area contributed by atoms with E-state index in [1.54, 1.807) is 7.11 Å². The van der Waals surface area contributed by atoms with Gasteiger partial charge in [-0.15, -0.1) is 11.3 Å². The van der Waals surface area contributed by atoms with E-state index in [1.165, 1.54) is 26.1 Å². The Labute approximate surface area is 129 Å². The van der Waals surface area contributed by atoms with Crippen LogP contribution in [0.4, 0.5) is 11.4 Å². The summed E-state index contributed by atoms with van der Waals surface area (Å²) in [5.41, 5.74) is 4.89. The van der Waals surface area contributed by atoms with Gasteiger partial charge in [0.15, 0.2) is 0 Å². The molecule has 0 aliphatic heterocycles. The first kappa shape index (κ1) is 14.0. The van der Waals surface area contributed by atoms with Gasteiger partial charge in [-0.2, -0.15) is 0 Å². The highest BCUT2D eigenvalue weighted by Crippen LogP contribution is 2.36. The third-order valence-corrected chi connectivity index (χ3v) is 5.28. The molecule has 0 fully saturated rings. The highest BCUT2D eigenvalue weighted by atomic mass is 32.1. The molecule has 0 radical (unpaired) electrons. The van der Waals surface area contributed by atoms with Gasteiger partial charge in [0.25, 0.3) is 0 Å². The van der Waals surface area contributed by atoms with Crippen LogP contribution in [0.2, 0.25) is 0 Å². The second-order valence-corrected chi connectivity index (χ2v) is 6.48. The fourth-order valence-corrected chi connectivity index (χ4v) is 3.69. The third kappa shape index (κ3) is 2.49. The van der Waals surface area contributed by atoms with Gasteiger partial charge in [-0.25, -0.2) is 0 Å². The van der Waals surface area contributed by atoms with Crippen LogP contribution >= 0.6 is 11.3 Å². The second kappa shape index (κ2) is 5.41. The summed E-state index contributed by atoms with van der Waals surface area (Å²) in [5.74, 6) is 0.863. The highest BCUT2D eigenvalue weighted by molar-refractivity contribution is 7.19. The van der Waals surface area contributed by atoms with Crippen LogP contribution in [0.5, 0.6) is 5.75 Å². The molecule has 0 saturated carbocycles. The number of thiophene rings is 1. The van der Waals surface area contributed by atoms with Crippen molar-refractivity contribution in [3.05, 3.63) is 52.4 Å². The zero-order valence-electron chi connectivity index (χ0n) is 12.8. The first-order chi connectivity index (χ1) is 10.1. The lowest BCUT2D eigenvalue weighted by Crippen LogP contribution is -1.94. The van der Waals surface area contributed by atoms with Crippen molar-refractivity contribution in [2.24, 2.45) is 0 Å². The summed E-state index contributed by atoms with van der Waals surface area (Å²) < 4.78 is 6.65. The van der Waals surface area contributed by atoms with E-state index in [0.29, 0.717) is 0 Å². The average molecular weight is 297 g/mol. The van der Waals surface area contributed by atoms with Gasteiger partial charge >= 0.3 is 0 Å². The number of benzene rings is 2. The fraction of sp³-hybridized carbons (Fsp3) is 0.222. The number of ether oxygens (including phenoxy) is 1. The minimum Gasteiger partial charge on any atom is -0.497 e. The van der Waals surface area contributed by atoms with Crippen LogP contribution in [-0.4, -0.2) is 7.11 Å². The molecule has 3 aromatic rings. The normalized spacial score (nSPS) is 10.9. The summed E-state index contributed by atoms with van der Waals surface area (Å²) in [4.78, 5) is 1.40. The van der Waals surface area contributed by atoms with Crippen LogP contribution in [0.15, 0.2) is 36.4 Å². The molecule has 0 saturated heterocycles. The molecule has 21 heavy (non-hydrogen) atoms. The molecule has 0 bridgehead atoms. The molecular weight excluding hydrogens is 278 g/mol. The van der Waals surface area contributed by atoms with Crippen LogP contribution in [0, 0.1) is 20.8 Å². The second-order valence-electron chi connectivity index (χ2n) is 5.26. The molecule has 1 heterocycles. The Balaban J connectivity index is 2.02. The molecule has 2 aromatic carbocycles. The van der Waals surface area contributed by atoms with Gasteiger partial charge in [0.1, 0.15) is 5.75 Å². The summed E-state index contributed by atoms with van der Waals surface area (Å²) in [6.45, 7) is 6.57. The van der Waals surface area contributed by atoms with E-state index in [1.807, 2.05) is 29.5 Å². The quantitative estimate of drug-likeness (QED) is 0.681. The Morgan fingerprint density at radius 3 is 2.57 bits per heavy atom. The monoisotopic (exact) mass is 297 g/mol. The molecule has 0 amide bonds. The van der Waals surface area contributed by atoms with E-state index in [9.17, 15) is 0 Å². The summed E-state index contributed by atoms with van der Waals surface area (Å²) in [7, 11) is 1.69. The van der Waals surface area contributed by atoms with E-state index >= 15 is 0 Å². The first-order valence-corrected chi connectivity index (χ1v) is 7.82. The molecule has 0 unspecified atom stereocenters. The largest absolute Gasteiger partial charge is 0.497 e. The van der Waals surface area contributed by atoms with Crippen molar-refractivity contribution < 1.29 is 4.74 Å². The van der Waals surface area contributed by atoms with E-state index in [2.05, 4.69) is 44.3 Å². The van der Waals surface area contributed by atoms with Crippen LogP contribution < -0.4 is 10.1 Å². The molecule has 1 aromatic heterocycles. The minimum atomic E-state index is 0.863. The molecule has 0 spiro atoms. The van der Waals surface area contributed by atoms with Gasteiger partial charge in [0.2, 0.25) is 0 Å².